The highest BCUT2D eigenvalue weighted by atomic mass is 16.5. The van der Waals surface area contributed by atoms with Gasteiger partial charge in [0.05, 0.1) is 18.7 Å². The molecule has 1 aromatic carbocycles. The minimum absolute atomic E-state index is 0.340. The van der Waals surface area contributed by atoms with E-state index in [9.17, 15) is 5.11 Å². The number of aliphatic hydroxyl groups excluding tert-OH is 1. The van der Waals surface area contributed by atoms with Crippen LogP contribution in [-0.4, -0.2) is 54.4 Å². The fraction of sp³-hybridized carbons (Fsp3) is 0.500. The number of ether oxygens (including phenoxy) is 1. The maximum atomic E-state index is 10.1. The van der Waals surface area contributed by atoms with E-state index >= 15 is 0 Å². The fourth-order valence-electron chi connectivity index (χ4n) is 3.15. The van der Waals surface area contributed by atoms with Crippen LogP contribution >= 0.6 is 0 Å². The number of rotatable bonds is 7. The smallest absolute Gasteiger partial charge is 0.218 e. The highest BCUT2D eigenvalue weighted by Gasteiger charge is 2.15. The van der Waals surface area contributed by atoms with Crippen LogP contribution in [0.2, 0.25) is 0 Å². The van der Waals surface area contributed by atoms with Crippen molar-refractivity contribution < 1.29 is 9.84 Å². The van der Waals surface area contributed by atoms with E-state index in [4.69, 9.17) is 4.74 Å². The second-order valence-corrected chi connectivity index (χ2v) is 6.14. The molecule has 2 aromatic rings. The Morgan fingerprint density at radius 1 is 1.30 bits per heavy atom. The van der Waals surface area contributed by atoms with Crippen molar-refractivity contribution in [2.75, 3.05) is 33.3 Å². The number of hydrogen-bond donors (Lipinski definition) is 2. The average Bonchev–Trinajstić information content (AvgIpc) is 3.07. The molecule has 1 unspecified atom stereocenters. The van der Waals surface area contributed by atoms with Crippen molar-refractivity contribution in [3.63, 3.8) is 0 Å². The molecule has 2 heterocycles. The number of fused-ring (bicyclic) bond motifs is 1. The molecule has 23 heavy (non-hydrogen) atoms. The van der Waals surface area contributed by atoms with Gasteiger partial charge in [-0.2, -0.15) is 0 Å². The number of para-hydroxylation sites is 1. The van der Waals surface area contributed by atoms with Gasteiger partial charge in [0.2, 0.25) is 5.88 Å². The zero-order valence-corrected chi connectivity index (χ0v) is 13.7. The van der Waals surface area contributed by atoms with Gasteiger partial charge in [-0.1, -0.05) is 18.2 Å². The van der Waals surface area contributed by atoms with Crippen molar-refractivity contribution in [3.05, 3.63) is 35.9 Å². The first-order valence-electron chi connectivity index (χ1n) is 8.30. The number of methoxy groups -OCH3 is 1. The van der Waals surface area contributed by atoms with Crippen LogP contribution in [0.25, 0.3) is 10.9 Å². The number of hydrogen-bond acceptors (Lipinski definition) is 5. The first kappa shape index (κ1) is 16.2. The summed E-state index contributed by atoms with van der Waals surface area (Å²) in [5.41, 5.74) is 1.95. The van der Waals surface area contributed by atoms with E-state index in [0.29, 0.717) is 19.0 Å². The maximum absolute atomic E-state index is 10.1. The van der Waals surface area contributed by atoms with Crippen LogP contribution < -0.4 is 10.1 Å². The lowest BCUT2D eigenvalue weighted by Crippen LogP contribution is -2.36. The predicted octanol–water partition coefficient (Wildman–Crippen LogP) is 1.79. The Morgan fingerprint density at radius 3 is 2.87 bits per heavy atom. The molecular formula is C18H25N3O2. The SMILES string of the molecule is COc1nc2ccccc2cc1CNCC(O)CN1CCCC1. The molecule has 0 amide bonds. The molecule has 5 heteroatoms. The van der Waals surface area contributed by atoms with E-state index in [1.54, 1.807) is 7.11 Å². The zero-order valence-electron chi connectivity index (χ0n) is 13.7. The summed E-state index contributed by atoms with van der Waals surface area (Å²) in [6.45, 7) is 4.18. The van der Waals surface area contributed by atoms with Crippen LogP contribution in [0.15, 0.2) is 30.3 Å². The molecule has 0 spiro atoms. The van der Waals surface area contributed by atoms with Gasteiger partial charge >= 0.3 is 0 Å². The van der Waals surface area contributed by atoms with Gasteiger partial charge < -0.3 is 20.1 Å². The molecule has 124 valence electrons. The minimum Gasteiger partial charge on any atom is -0.481 e. The average molecular weight is 315 g/mol. The maximum Gasteiger partial charge on any atom is 0.218 e. The number of aliphatic hydroxyl groups is 1. The lowest BCUT2D eigenvalue weighted by molar-refractivity contribution is 0.123. The third-order valence-corrected chi connectivity index (χ3v) is 4.32. The van der Waals surface area contributed by atoms with E-state index < -0.39 is 0 Å². The van der Waals surface area contributed by atoms with E-state index in [1.807, 2.05) is 24.3 Å². The van der Waals surface area contributed by atoms with Crippen molar-refractivity contribution in [2.24, 2.45) is 0 Å². The quantitative estimate of drug-likeness (QED) is 0.816. The molecule has 0 aliphatic carbocycles. The monoisotopic (exact) mass is 315 g/mol. The van der Waals surface area contributed by atoms with Crippen molar-refractivity contribution in [1.82, 2.24) is 15.2 Å². The van der Waals surface area contributed by atoms with Gasteiger partial charge in [0, 0.05) is 30.6 Å². The minimum atomic E-state index is -0.340. The van der Waals surface area contributed by atoms with Gasteiger partial charge in [-0.25, -0.2) is 4.98 Å². The Morgan fingerprint density at radius 2 is 2.09 bits per heavy atom. The molecule has 1 aliphatic rings. The lowest BCUT2D eigenvalue weighted by atomic mass is 10.1. The van der Waals surface area contributed by atoms with Gasteiger partial charge in [-0.15, -0.1) is 0 Å². The summed E-state index contributed by atoms with van der Waals surface area (Å²) in [6, 6.07) is 10.1. The molecule has 2 N–H and O–H groups in total. The molecule has 1 fully saturated rings. The van der Waals surface area contributed by atoms with Crippen molar-refractivity contribution in [1.29, 1.82) is 0 Å². The summed E-state index contributed by atoms with van der Waals surface area (Å²) in [4.78, 5) is 6.87. The van der Waals surface area contributed by atoms with Gasteiger partial charge in [-0.3, -0.25) is 0 Å². The van der Waals surface area contributed by atoms with Gasteiger partial charge in [-0.05, 0) is 38.1 Å². The number of nitrogens with one attached hydrogen (secondary N) is 1. The highest BCUT2D eigenvalue weighted by Crippen LogP contribution is 2.21. The van der Waals surface area contributed by atoms with Gasteiger partial charge in [0.15, 0.2) is 0 Å². The van der Waals surface area contributed by atoms with Gasteiger partial charge in [0.1, 0.15) is 0 Å². The molecule has 5 nitrogen and oxygen atoms in total. The Hall–Kier alpha value is -1.69. The standard InChI is InChI=1S/C18H25N3O2/c1-23-18-15(10-14-6-2-3-7-17(14)20-18)11-19-12-16(22)13-21-8-4-5-9-21/h2-3,6-7,10,16,19,22H,4-5,8-9,11-13H2,1H3. The molecule has 1 aliphatic heterocycles. The molecule has 1 aromatic heterocycles. The van der Waals surface area contributed by atoms with E-state index in [-0.39, 0.29) is 6.10 Å². The van der Waals surface area contributed by atoms with E-state index in [1.165, 1.54) is 12.8 Å². The van der Waals surface area contributed by atoms with Crippen molar-refractivity contribution in [3.8, 4) is 5.88 Å². The fourth-order valence-corrected chi connectivity index (χ4v) is 3.15. The summed E-state index contributed by atoms with van der Waals surface area (Å²) in [5.74, 6) is 0.644. The number of pyridine rings is 1. The third kappa shape index (κ3) is 4.19. The normalized spacial score (nSPS) is 16.8. The van der Waals surface area contributed by atoms with Crippen LogP contribution in [0.4, 0.5) is 0 Å². The molecule has 0 saturated carbocycles. The summed E-state index contributed by atoms with van der Waals surface area (Å²) >= 11 is 0. The molecule has 3 rings (SSSR count). The summed E-state index contributed by atoms with van der Waals surface area (Å²) in [5, 5.41) is 14.6. The Balaban J connectivity index is 1.57. The summed E-state index contributed by atoms with van der Waals surface area (Å²) < 4.78 is 5.40. The number of β-amino-alcohol motifs (C(OH)–C–C–N with tert-alkyl or cyclic N) is 1. The first-order chi connectivity index (χ1) is 11.3. The molecule has 1 saturated heterocycles. The largest absolute Gasteiger partial charge is 0.481 e. The molecular weight excluding hydrogens is 290 g/mol. The van der Waals surface area contributed by atoms with Crippen molar-refractivity contribution in [2.45, 2.75) is 25.5 Å². The van der Waals surface area contributed by atoms with E-state index in [0.717, 1.165) is 36.1 Å². The van der Waals surface area contributed by atoms with Crippen molar-refractivity contribution >= 4 is 10.9 Å². The molecule has 0 bridgehead atoms. The second-order valence-electron chi connectivity index (χ2n) is 6.14. The molecule has 1 atom stereocenters. The summed E-state index contributed by atoms with van der Waals surface area (Å²) in [6.07, 6.45) is 2.16. The van der Waals surface area contributed by atoms with Gasteiger partial charge in [0.25, 0.3) is 0 Å². The Kier molecular flexibility index (Phi) is 5.43. The third-order valence-electron chi connectivity index (χ3n) is 4.32. The topological polar surface area (TPSA) is 57.6 Å². The van der Waals surface area contributed by atoms with Crippen LogP contribution in [0.3, 0.4) is 0 Å². The number of nitrogens with zero attached hydrogens (tertiary/aromatic N) is 2. The number of aromatic nitrogens is 1. The van der Waals surface area contributed by atoms with Crippen LogP contribution in [-0.2, 0) is 6.54 Å². The summed E-state index contributed by atoms with van der Waals surface area (Å²) in [7, 11) is 1.64. The second kappa shape index (κ2) is 7.73. The number of benzene rings is 1. The Bertz CT molecular complexity index is 641. The van der Waals surface area contributed by atoms with Crippen LogP contribution in [0.5, 0.6) is 5.88 Å². The van der Waals surface area contributed by atoms with E-state index in [2.05, 4.69) is 21.3 Å². The Labute approximate surface area is 137 Å². The number of likely N-dealkylation sites (tertiary alicyclic amines) is 1. The van der Waals surface area contributed by atoms with Crippen LogP contribution in [0, 0.1) is 0 Å². The first-order valence-corrected chi connectivity index (χ1v) is 8.30. The molecule has 0 radical (unpaired) electrons. The zero-order chi connectivity index (χ0) is 16.1. The lowest BCUT2D eigenvalue weighted by Gasteiger charge is -2.19. The van der Waals surface area contributed by atoms with Crippen LogP contribution in [0.1, 0.15) is 18.4 Å². The predicted molar refractivity (Wildman–Crippen MR) is 91.7 cm³/mol. The highest BCUT2D eigenvalue weighted by molar-refractivity contribution is 5.80.